The molecule has 3 aromatic rings. The third-order valence-electron chi connectivity index (χ3n) is 3.17. The molecule has 0 aliphatic heterocycles. The molecule has 0 spiro atoms. The van der Waals surface area contributed by atoms with Crippen LogP contribution in [0.3, 0.4) is 0 Å². The molecule has 0 fully saturated rings. The van der Waals surface area contributed by atoms with E-state index < -0.39 is 22.7 Å². The Morgan fingerprint density at radius 3 is 2.23 bits per heavy atom. The molecular weight excluding hydrogens is 298 g/mol. The van der Waals surface area contributed by atoms with Crippen molar-refractivity contribution in [3.8, 4) is 40.1 Å². The van der Waals surface area contributed by atoms with Gasteiger partial charge in [-0.2, -0.15) is 0 Å². The van der Waals surface area contributed by atoms with E-state index in [2.05, 4.69) is 0 Å². The molecule has 5 N–H and O–H groups in total. The first kappa shape index (κ1) is 13.6. The van der Waals surface area contributed by atoms with E-state index in [1.165, 1.54) is 6.07 Å². The van der Waals surface area contributed by atoms with Crippen LogP contribution < -0.4 is 5.43 Å². The second kappa shape index (κ2) is 4.59. The summed E-state index contributed by atoms with van der Waals surface area (Å²) in [7, 11) is 0. The molecule has 0 amide bonds. The summed E-state index contributed by atoms with van der Waals surface area (Å²) in [4.78, 5) is 12.1. The second-order valence-corrected chi connectivity index (χ2v) is 4.65. The third kappa shape index (κ3) is 1.96. The number of aromatic hydroxyl groups is 5. The normalized spacial score (nSPS) is 10.9. The molecule has 22 heavy (non-hydrogen) atoms. The summed E-state index contributed by atoms with van der Waals surface area (Å²) in [5.41, 5.74) is -0.890. The summed E-state index contributed by atoms with van der Waals surface area (Å²) in [6.45, 7) is 0. The molecule has 0 radical (unpaired) electrons. The van der Waals surface area contributed by atoms with Crippen LogP contribution in [0.2, 0.25) is 0 Å². The summed E-state index contributed by atoms with van der Waals surface area (Å²) in [6, 6.07) is 5.64. The fourth-order valence-electron chi connectivity index (χ4n) is 2.14. The molecule has 1 aromatic heterocycles. The van der Waals surface area contributed by atoms with Gasteiger partial charge in [0.25, 0.3) is 0 Å². The van der Waals surface area contributed by atoms with Gasteiger partial charge >= 0.3 is 0 Å². The van der Waals surface area contributed by atoms with Crippen LogP contribution in [0.15, 0.2) is 39.5 Å². The maximum Gasteiger partial charge on any atom is 0.238 e. The van der Waals surface area contributed by atoms with Gasteiger partial charge < -0.3 is 29.9 Å². The minimum absolute atomic E-state index is 0.134. The van der Waals surface area contributed by atoms with Crippen LogP contribution >= 0.6 is 0 Å². The number of phenolic OH excluding ortho intramolecular Hbond substituents is 4. The fourth-order valence-corrected chi connectivity index (χ4v) is 2.14. The quantitative estimate of drug-likeness (QED) is 0.434. The lowest BCUT2D eigenvalue weighted by Gasteiger charge is -2.08. The highest BCUT2D eigenvalue weighted by atomic mass is 16.4. The molecule has 0 aliphatic rings. The van der Waals surface area contributed by atoms with Crippen LogP contribution in [0.4, 0.5) is 0 Å². The Morgan fingerprint density at radius 2 is 1.55 bits per heavy atom. The molecule has 3 rings (SSSR count). The topological polar surface area (TPSA) is 131 Å². The predicted molar refractivity (Wildman–Crippen MR) is 76.2 cm³/mol. The number of benzene rings is 2. The number of fused-ring (bicyclic) bond motifs is 1. The van der Waals surface area contributed by atoms with Gasteiger partial charge in [-0.3, -0.25) is 4.79 Å². The van der Waals surface area contributed by atoms with E-state index in [9.17, 15) is 30.3 Å². The zero-order valence-corrected chi connectivity index (χ0v) is 10.9. The summed E-state index contributed by atoms with van der Waals surface area (Å²) in [5.74, 6) is -2.71. The molecule has 7 heteroatoms. The largest absolute Gasteiger partial charge is 0.508 e. The maximum absolute atomic E-state index is 12.1. The lowest BCUT2D eigenvalue weighted by molar-refractivity contribution is 0.403. The number of hydrogen-bond donors (Lipinski definition) is 5. The van der Waals surface area contributed by atoms with Crippen LogP contribution in [-0.2, 0) is 0 Å². The Morgan fingerprint density at radius 1 is 0.818 bits per heavy atom. The second-order valence-electron chi connectivity index (χ2n) is 4.65. The van der Waals surface area contributed by atoms with E-state index >= 15 is 0 Å². The van der Waals surface area contributed by atoms with Crippen LogP contribution in [0.25, 0.3) is 22.3 Å². The maximum atomic E-state index is 12.1. The fraction of sp³-hybridized carbons (Fsp3) is 0. The Hall–Kier alpha value is -3.35. The highest BCUT2D eigenvalue weighted by Gasteiger charge is 2.19. The number of hydrogen-bond acceptors (Lipinski definition) is 7. The van der Waals surface area contributed by atoms with Gasteiger partial charge in [0.1, 0.15) is 22.5 Å². The van der Waals surface area contributed by atoms with Crippen molar-refractivity contribution >= 4 is 11.0 Å². The first-order valence-corrected chi connectivity index (χ1v) is 6.12. The standard InChI is InChI=1S/C15H10O7/c16-7-4-10(19)12-11(5-7)22-15(14(21)13(12)20)6-1-2-8(17)9(18)3-6/h1-5,16-19,21H/i4+1,5+1,7+1,10+1,11+1,12+1. The smallest absolute Gasteiger partial charge is 0.238 e. The average Bonchev–Trinajstić information content (AvgIpc) is 2.45. The highest BCUT2D eigenvalue weighted by molar-refractivity contribution is 5.88. The van der Waals surface area contributed by atoms with E-state index in [4.69, 9.17) is 4.42 Å². The SMILES string of the molecule is O=c1c(O)c(-c2ccc(O)c(O)c2)o[13c]2[13cH][13c](O)[13cH][13c](O)[13c]12. The van der Waals surface area contributed by atoms with Crippen molar-refractivity contribution in [3.05, 3.63) is 40.6 Å². The summed E-state index contributed by atoms with van der Waals surface area (Å²) < 4.78 is 5.35. The van der Waals surface area contributed by atoms with Gasteiger partial charge in [0, 0.05) is 17.7 Å². The molecule has 7 nitrogen and oxygen atoms in total. The Labute approximate surface area is 122 Å². The first-order chi connectivity index (χ1) is 10.4. The monoisotopic (exact) mass is 308 g/mol. The summed E-state index contributed by atoms with van der Waals surface area (Å²) in [5, 5.41) is 47.6. The van der Waals surface area contributed by atoms with Crippen molar-refractivity contribution in [2.75, 3.05) is 0 Å². The molecule has 0 unspecified atom stereocenters. The molecule has 112 valence electrons. The van der Waals surface area contributed by atoms with Crippen molar-refractivity contribution in [3.63, 3.8) is 0 Å². The minimum Gasteiger partial charge on any atom is -0.508 e. The molecular formula is C15H10O7. The Kier molecular flexibility index (Phi) is 2.84. The van der Waals surface area contributed by atoms with Crippen molar-refractivity contribution in [1.82, 2.24) is 0 Å². The molecule has 0 saturated carbocycles. The molecule has 0 saturated heterocycles. The third-order valence-corrected chi connectivity index (χ3v) is 3.17. The predicted octanol–water partition coefficient (Wildman–Crippen LogP) is 1.99. The van der Waals surface area contributed by atoms with Crippen molar-refractivity contribution < 1.29 is 29.9 Å². The van der Waals surface area contributed by atoms with Crippen LogP contribution in [0.5, 0.6) is 28.7 Å². The molecule has 0 aliphatic carbocycles. The zero-order chi connectivity index (χ0) is 16.0. The van der Waals surface area contributed by atoms with Gasteiger partial charge in [0.05, 0.1) is 0 Å². The van der Waals surface area contributed by atoms with Crippen molar-refractivity contribution in [2.45, 2.75) is 0 Å². The van der Waals surface area contributed by atoms with Gasteiger partial charge in [-0.05, 0) is 18.2 Å². The van der Waals surface area contributed by atoms with Gasteiger partial charge in [0.15, 0.2) is 17.3 Å². The van der Waals surface area contributed by atoms with Crippen LogP contribution in [-0.4, -0.2) is 25.5 Å². The van der Waals surface area contributed by atoms with Crippen LogP contribution in [0, 0.1) is 0 Å². The van der Waals surface area contributed by atoms with Gasteiger partial charge in [-0.15, -0.1) is 0 Å². The van der Waals surface area contributed by atoms with E-state index in [1.807, 2.05) is 0 Å². The molecule has 1 heterocycles. The number of phenols is 4. The van der Waals surface area contributed by atoms with Crippen molar-refractivity contribution in [2.24, 2.45) is 0 Å². The zero-order valence-electron chi connectivity index (χ0n) is 10.9. The molecule has 0 bridgehead atoms. The minimum atomic E-state index is -0.888. The van der Waals surface area contributed by atoms with Crippen LogP contribution in [0.1, 0.15) is 0 Å². The van der Waals surface area contributed by atoms with Gasteiger partial charge in [-0.25, -0.2) is 0 Å². The molecule has 0 atom stereocenters. The summed E-state index contributed by atoms with van der Waals surface area (Å²) >= 11 is 0. The summed E-state index contributed by atoms with van der Waals surface area (Å²) in [6.07, 6.45) is 0. The van der Waals surface area contributed by atoms with E-state index in [0.717, 1.165) is 24.3 Å². The Balaban J connectivity index is 2.38. The Bertz CT molecular complexity index is 956. The lowest BCUT2D eigenvalue weighted by atomic mass is 10.1. The highest BCUT2D eigenvalue weighted by Crippen LogP contribution is 2.37. The van der Waals surface area contributed by atoms with E-state index in [1.54, 1.807) is 0 Å². The van der Waals surface area contributed by atoms with E-state index in [-0.39, 0.29) is 33.8 Å². The first-order valence-electron chi connectivity index (χ1n) is 6.12. The van der Waals surface area contributed by atoms with Gasteiger partial charge in [-0.1, -0.05) is 0 Å². The van der Waals surface area contributed by atoms with Crippen molar-refractivity contribution in [1.29, 1.82) is 0 Å². The van der Waals surface area contributed by atoms with Gasteiger partial charge in [0.2, 0.25) is 11.2 Å². The number of rotatable bonds is 1. The van der Waals surface area contributed by atoms with E-state index in [0.29, 0.717) is 0 Å². The molecule has 2 aromatic carbocycles. The lowest BCUT2D eigenvalue weighted by Crippen LogP contribution is -2.02. The average molecular weight is 308 g/mol.